The maximum atomic E-state index is 2.43. The molecule has 0 saturated heterocycles. The lowest BCUT2D eigenvalue weighted by molar-refractivity contribution is 0.660. The van der Waals surface area contributed by atoms with Gasteiger partial charge in [0.2, 0.25) is 0 Å². The molecule has 0 atom stereocenters. The average Bonchev–Trinajstić information content (AvgIpc) is 3.46. The predicted octanol–water partition coefficient (Wildman–Crippen LogP) is 14.8. The minimum atomic E-state index is -0.161. The molecule has 10 rings (SSSR count). The number of hydrogen-bond acceptors (Lipinski definition) is 1. The van der Waals surface area contributed by atoms with E-state index in [2.05, 4.69) is 219 Å². The van der Waals surface area contributed by atoms with E-state index in [0.717, 1.165) is 17.1 Å². The molecule has 1 aliphatic rings. The molecule has 0 aromatic heterocycles. The molecule has 54 heavy (non-hydrogen) atoms. The number of benzene rings is 9. The highest BCUT2D eigenvalue weighted by Gasteiger charge is 2.36. The smallest absolute Gasteiger partial charge is 0.0465 e. The maximum absolute atomic E-state index is 2.43. The molecule has 0 aliphatic heterocycles. The highest BCUT2D eigenvalue weighted by Crippen LogP contribution is 2.52. The Balaban J connectivity index is 0.997. The van der Waals surface area contributed by atoms with Gasteiger partial charge >= 0.3 is 0 Å². The number of rotatable bonds is 6. The SMILES string of the molecule is CC1(C)c2cc(-c3cccc4ccccc34)ccc2-c2ccc(N(c3ccccc3)c3ccc(-c4ccc5cc(-c6ccccc6)ccc5c4)cc3)cc21. The molecule has 0 amide bonds. The number of hydrogen-bond donors (Lipinski definition) is 0. The van der Waals surface area contributed by atoms with Gasteiger partial charge in [-0.1, -0.05) is 159 Å². The Hall–Kier alpha value is -6.70. The van der Waals surface area contributed by atoms with Crippen molar-refractivity contribution in [3.05, 3.63) is 211 Å². The van der Waals surface area contributed by atoms with Crippen LogP contribution in [-0.2, 0) is 5.41 Å². The van der Waals surface area contributed by atoms with Gasteiger partial charge in [-0.15, -0.1) is 0 Å². The molecule has 1 nitrogen and oxygen atoms in total. The van der Waals surface area contributed by atoms with Crippen LogP contribution >= 0.6 is 0 Å². The van der Waals surface area contributed by atoms with Gasteiger partial charge < -0.3 is 4.90 Å². The van der Waals surface area contributed by atoms with E-state index in [4.69, 9.17) is 0 Å². The van der Waals surface area contributed by atoms with Gasteiger partial charge in [-0.25, -0.2) is 0 Å². The van der Waals surface area contributed by atoms with E-state index in [-0.39, 0.29) is 5.41 Å². The monoisotopic (exact) mass is 689 g/mol. The zero-order chi connectivity index (χ0) is 36.2. The van der Waals surface area contributed by atoms with Gasteiger partial charge in [-0.3, -0.25) is 0 Å². The van der Waals surface area contributed by atoms with Crippen molar-refractivity contribution in [1.82, 2.24) is 0 Å². The van der Waals surface area contributed by atoms with E-state index in [9.17, 15) is 0 Å². The largest absolute Gasteiger partial charge is 0.310 e. The maximum Gasteiger partial charge on any atom is 0.0465 e. The molecular formula is C53H39N. The van der Waals surface area contributed by atoms with E-state index >= 15 is 0 Å². The molecule has 0 radical (unpaired) electrons. The van der Waals surface area contributed by atoms with Gasteiger partial charge in [-0.2, -0.15) is 0 Å². The molecule has 9 aromatic carbocycles. The zero-order valence-corrected chi connectivity index (χ0v) is 30.5. The molecular weight excluding hydrogens is 651 g/mol. The third-order valence-corrected chi connectivity index (χ3v) is 11.4. The van der Waals surface area contributed by atoms with Crippen LogP contribution in [-0.4, -0.2) is 0 Å². The van der Waals surface area contributed by atoms with Gasteiger partial charge in [0.1, 0.15) is 0 Å². The first-order valence-electron chi connectivity index (χ1n) is 18.8. The first-order valence-corrected chi connectivity index (χ1v) is 18.8. The molecule has 1 heteroatoms. The van der Waals surface area contributed by atoms with Crippen LogP contribution in [0, 0.1) is 0 Å². The van der Waals surface area contributed by atoms with Crippen molar-refractivity contribution in [2.45, 2.75) is 19.3 Å². The molecule has 0 N–H and O–H groups in total. The average molecular weight is 690 g/mol. The molecule has 0 unspecified atom stereocenters. The van der Waals surface area contributed by atoms with Gasteiger partial charge in [0.25, 0.3) is 0 Å². The highest BCUT2D eigenvalue weighted by atomic mass is 15.1. The van der Waals surface area contributed by atoms with E-state index in [1.165, 1.54) is 77.2 Å². The molecule has 0 saturated carbocycles. The number of fused-ring (bicyclic) bond motifs is 5. The van der Waals surface area contributed by atoms with Crippen LogP contribution in [0.25, 0.3) is 66.1 Å². The Kier molecular flexibility index (Phi) is 7.56. The molecule has 0 fully saturated rings. The van der Waals surface area contributed by atoms with Gasteiger partial charge in [0, 0.05) is 22.5 Å². The summed E-state index contributed by atoms with van der Waals surface area (Å²) in [5, 5.41) is 5.05. The first kappa shape index (κ1) is 32.0. The summed E-state index contributed by atoms with van der Waals surface area (Å²) in [7, 11) is 0. The van der Waals surface area contributed by atoms with Crippen molar-refractivity contribution in [2.75, 3.05) is 4.90 Å². The van der Waals surface area contributed by atoms with Crippen LogP contribution in [0.1, 0.15) is 25.0 Å². The Bertz CT molecular complexity index is 2830. The summed E-state index contributed by atoms with van der Waals surface area (Å²) in [5.41, 5.74) is 16.1. The van der Waals surface area contributed by atoms with Gasteiger partial charge in [0.05, 0.1) is 0 Å². The fourth-order valence-corrected chi connectivity index (χ4v) is 8.57. The molecule has 0 heterocycles. The molecule has 256 valence electrons. The standard InChI is InChI=1S/C53H39N/c1-53(2)51-34-43(48-19-11-15-38-14-9-10-18-47(38)48)26-30-49(51)50-31-29-46(35-52(50)53)54(44-16-7-4-8-17-44)45-27-24-37(25-28-45)40-21-23-41-32-39(20-22-42(41)33-40)36-12-5-3-6-13-36/h3-35H,1-2H3. The van der Waals surface area contributed by atoms with Crippen molar-refractivity contribution < 1.29 is 0 Å². The summed E-state index contributed by atoms with van der Waals surface area (Å²) in [5.74, 6) is 0. The lowest BCUT2D eigenvalue weighted by atomic mass is 9.81. The third kappa shape index (κ3) is 5.40. The summed E-state index contributed by atoms with van der Waals surface area (Å²) in [4.78, 5) is 2.39. The number of nitrogens with zero attached hydrogens (tertiary/aromatic N) is 1. The van der Waals surface area contributed by atoms with E-state index < -0.39 is 0 Å². The second kappa shape index (κ2) is 12.8. The van der Waals surface area contributed by atoms with Crippen molar-refractivity contribution in [3.8, 4) is 44.5 Å². The lowest BCUT2D eigenvalue weighted by Gasteiger charge is -2.28. The van der Waals surface area contributed by atoms with Crippen LogP contribution in [0.2, 0.25) is 0 Å². The van der Waals surface area contributed by atoms with Gasteiger partial charge in [-0.05, 0) is 132 Å². The van der Waals surface area contributed by atoms with Crippen LogP contribution in [0.3, 0.4) is 0 Å². The van der Waals surface area contributed by atoms with Gasteiger partial charge in [0.15, 0.2) is 0 Å². The van der Waals surface area contributed by atoms with Crippen molar-refractivity contribution in [3.63, 3.8) is 0 Å². The Morgan fingerprint density at radius 1 is 0.315 bits per heavy atom. The zero-order valence-electron chi connectivity index (χ0n) is 30.5. The lowest BCUT2D eigenvalue weighted by Crippen LogP contribution is -2.16. The molecule has 0 bridgehead atoms. The highest BCUT2D eigenvalue weighted by molar-refractivity contribution is 5.98. The molecule has 1 aliphatic carbocycles. The Labute approximate surface area is 317 Å². The Morgan fingerprint density at radius 3 is 1.56 bits per heavy atom. The number of anilines is 3. The fraction of sp³-hybridized carbons (Fsp3) is 0.0566. The predicted molar refractivity (Wildman–Crippen MR) is 230 cm³/mol. The Morgan fingerprint density at radius 2 is 0.833 bits per heavy atom. The summed E-state index contributed by atoms with van der Waals surface area (Å²) in [6.45, 7) is 4.75. The summed E-state index contributed by atoms with van der Waals surface area (Å²) in [6.07, 6.45) is 0. The summed E-state index contributed by atoms with van der Waals surface area (Å²) in [6, 6.07) is 73.3. The van der Waals surface area contributed by atoms with E-state index in [1.54, 1.807) is 0 Å². The molecule has 0 spiro atoms. The summed E-state index contributed by atoms with van der Waals surface area (Å²) < 4.78 is 0. The van der Waals surface area contributed by atoms with Crippen molar-refractivity contribution in [2.24, 2.45) is 0 Å². The second-order valence-corrected chi connectivity index (χ2v) is 15.0. The van der Waals surface area contributed by atoms with E-state index in [0.29, 0.717) is 0 Å². The van der Waals surface area contributed by atoms with Crippen LogP contribution in [0.4, 0.5) is 17.1 Å². The fourth-order valence-electron chi connectivity index (χ4n) is 8.57. The normalized spacial score (nSPS) is 12.8. The minimum absolute atomic E-state index is 0.161. The quantitative estimate of drug-likeness (QED) is 0.168. The second-order valence-electron chi connectivity index (χ2n) is 15.0. The third-order valence-electron chi connectivity index (χ3n) is 11.4. The molecule has 9 aromatic rings. The van der Waals surface area contributed by atoms with Crippen molar-refractivity contribution >= 4 is 38.6 Å². The van der Waals surface area contributed by atoms with E-state index in [1.807, 2.05) is 0 Å². The van der Waals surface area contributed by atoms with Crippen LogP contribution in [0.5, 0.6) is 0 Å². The number of para-hydroxylation sites is 1. The summed E-state index contributed by atoms with van der Waals surface area (Å²) >= 11 is 0. The van der Waals surface area contributed by atoms with Crippen LogP contribution < -0.4 is 4.90 Å². The van der Waals surface area contributed by atoms with Crippen LogP contribution in [0.15, 0.2) is 200 Å². The minimum Gasteiger partial charge on any atom is -0.310 e. The first-order chi connectivity index (χ1) is 26.5. The topological polar surface area (TPSA) is 3.24 Å². The van der Waals surface area contributed by atoms with Crippen molar-refractivity contribution in [1.29, 1.82) is 0 Å².